The summed E-state index contributed by atoms with van der Waals surface area (Å²) in [6.07, 6.45) is 4.80. The minimum atomic E-state index is -0.647. The number of halogens is 1. The molecule has 1 aromatic carbocycles. The predicted octanol–water partition coefficient (Wildman–Crippen LogP) is 3.13. The first-order valence-corrected chi connectivity index (χ1v) is 10.8. The number of rotatable bonds is 3. The summed E-state index contributed by atoms with van der Waals surface area (Å²) < 4.78 is 19.4. The van der Waals surface area contributed by atoms with Crippen LogP contribution in [-0.2, 0) is 9.53 Å². The minimum absolute atomic E-state index is 0.193. The van der Waals surface area contributed by atoms with Gasteiger partial charge >= 0.3 is 6.09 Å². The Morgan fingerprint density at radius 1 is 1.23 bits per heavy atom. The Bertz CT molecular complexity index is 812. The molecule has 7 nitrogen and oxygen atoms in total. The van der Waals surface area contributed by atoms with Crippen LogP contribution in [0.2, 0.25) is 0 Å². The number of aliphatic hydroxyl groups excluding tert-OH is 1. The molecule has 2 saturated heterocycles. The lowest BCUT2D eigenvalue weighted by atomic mass is 9.78. The number of ether oxygens (including phenoxy) is 1. The van der Waals surface area contributed by atoms with Gasteiger partial charge < -0.3 is 19.6 Å². The van der Waals surface area contributed by atoms with E-state index in [9.17, 15) is 19.1 Å². The fraction of sp³-hybridized carbons (Fsp3) is 0.636. The molecule has 8 heteroatoms. The molecule has 2 amide bonds. The zero-order valence-corrected chi connectivity index (χ0v) is 17.4. The number of piperidine rings is 1. The summed E-state index contributed by atoms with van der Waals surface area (Å²) in [6, 6.07) is 4.80. The SMILES string of the molecule is COC(=O)Nc1ccc(N2CCCC3(CCN(C4CCC(O)CC4)C3=O)C2)c(F)c1. The third-order valence-electron chi connectivity index (χ3n) is 6.95. The molecule has 0 bridgehead atoms. The minimum Gasteiger partial charge on any atom is -0.453 e. The van der Waals surface area contributed by atoms with Gasteiger partial charge in [-0.3, -0.25) is 10.1 Å². The number of nitrogens with zero attached hydrogens (tertiary/aromatic N) is 2. The van der Waals surface area contributed by atoms with Crippen molar-refractivity contribution in [3.05, 3.63) is 24.0 Å². The second-order valence-electron chi connectivity index (χ2n) is 8.80. The van der Waals surface area contributed by atoms with Gasteiger partial charge in [0.1, 0.15) is 5.82 Å². The Labute approximate surface area is 176 Å². The monoisotopic (exact) mass is 419 g/mol. The van der Waals surface area contributed by atoms with Crippen LogP contribution in [-0.4, -0.2) is 60.9 Å². The third kappa shape index (κ3) is 3.97. The van der Waals surface area contributed by atoms with Crippen molar-refractivity contribution in [1.82, 2.24) is 4.90 Å². The van der Waals surface area contributed by atoms with Crippen LogP contribution < -0.4 is 10.2 Å². The molecule has 1 aromatic rings. The van der Waals surface area contributed by atoms with Gasteiger partial charge in [0.15, 0.2) is 0 Å². The molecular formula is C22H30FN3O4. The lowest BCUT2D eigenvalue weighted by Crippen LogP contribution is -2.50. The molecule has 1 atom stereocenters. The normalized spacial score (nSPS) is 29.4. The van der Waals surface area contributed by atoms with Gasteiger partial charge in [0.2, 0.25) is 5.91 Å². The first-order valence-electron chi connectivity index (χ1n) is 10.8. The lowest BCUT2D eigenvalue weighted by molar-refractivity contribution is -0.139. The van der Waals surface area contributed by atoms with Crippen LogP contribution in [0.25, 0.3) is 0 Å². The van der Waals surface area contributed by atoms with E-state index in [1.807, 2.05) is 9.80 Å². The van der Waals surface area contributed by atoms with E-state index in [1.165, 1.54) is 13.2 Å². The van der Waals surface area contributed by atoms with E-state index in [0.29, 0.717) is 24.5 Å². The van der Waals surface area contributed by atoms with Gasteiger partial charge in [-0.1, -0.05) is 0 Å². The molecule has 0 radical (unpaired) electrons. The summed E-state index contributed by atoms with van der Waals surface area (Å²) in [5.74, 6) is -0.234. The molecule has 4 rings (SSSR count). The van der Waals surface area contributed by atoms with Crippen molar-refractivity contribution >= 4 is 23.4 Å². The summed E-state index contributed by atoms with van der Waals surface area (Å²) in [6.45, 7) is 1.96. The van der Waals surface area contributed by atoms with E-state index < -0.39 is 17.3 Å². The second-order valence-corrected chi connectivity index (χ2v) is 8.80. The maximum atomic E-state index is 14.8. The van der Waals surface area contributed by atoms with Crippen LogP contribution in [0.5, 0.6) is 0 Å². The number of benzene rings is 1. The summed E-state index contributed by atoms with van der Waals surface area (Å²) in [5, 5.41) is 12.2. The molecule has 164 valence electrons. The van der Waals surface area contributed by atoms with Crippen molar-refractivity contribution in [2.75, 3.05) is 37.0 Å². The molecule has 2 N–H and O–H groups in total. The maximum absolute atomic E-state index is 14.8. The van der Waals surface area contributed by atoms with Crippen molar-refractivity contribution in [1.29, 1.82) is 0 Å². The highest BCUT2D eigenvalue weighted by Crippen LogP contribution is 2.43. The second kappa shape index (κ2) is 8.41. The Kier molecular flexibility index (Phi) is 5.86. The first-order chi connectivity index (χ1) is 14.4. The molecule has 30 heavy (non-hydrogen) atoms. The van der Waals surface area contributed by atoms with E-state index in [4.69, 9.17) is 0 Å². The highest BCUT2D eigenvalue weighted by Gasteiger charge is 2.50. The van der Waals surface area contributed by atoms with Crippen molar-refractivity contribution < 1.29 is 23.8 Å². The number of likely N-dealkylation sites (tertiary alicyclic amines) is 1. The smallest absolute Gasteiger partial charge is 0.411 e. The molecule has 1 saturated carbocycles. The van der Waals surface area contributed by atoms with Crippen molar-refractivity contribution in [2.45, 2.75) is 57.1 Å². The highest BCUT2D eigenvalue weighted by atomic mass is 19.1. The van der Waals surface area contributed by atoms with E-state index >= 15 is 0 Å². The molecule has 2 heterocycles. The van der Waals surface area contributed by atoms with Crippen LogP contribution in [0.1, 0.15) is 44.9 Å². The van der Waals surface area contributed by atoms with Gasteiger partial charge in [-0.15, -0.1) is 0 Å². The summed E-state index contributed by atoms with van der Waals surface area (Å²) in [7, 11) is 1.25. The average Bonchev–Trinajstić information content (AvgIpc) is 3.04. The van der Waals surface area contributed by atoms with Gasteiger partial charge in [0, 0.05) is 31.4 Å². The maximum Gasteiger partial charge on any atom is 0.411 e. The van der Waals surface area contributed by atoms with Crippen LogP contribution in [0.3, 0.4) is 0 Å². The number of aliphatic hydroxyl groups is 1. The zero-order chi connectivity index (χ0) is 21.3. The summed E-state index contributed by atoms with van der Waals surface area (Å²) in [5.41, 5.74) is 0.331. The number of carbonyl (C=O) groups is 2. The van der Waals surface area contributed by atoms with Gasteiger partial charge in [-0.25, -0.2) is 9.18 Å². The van der Waals surface area contributed by atoms with E-state index in [2.05, 4.69) is 10.1 Å². The Balaban J connectivity index is 1.47. The Morgan fingerprint density at radius 2 is 2.00 bits per heavy atom. The highest BCUT2D eigenvalue weighted by molar-refractivity contribution is 5.87. The zero-order valence-electron chi connectivity index (χ0n) is 17.4. The number of nitrogens with one attached hydrogen (secondary N) is 1. The molecule has 3 fully saturated rings. The molecule has 1 unspecified atom stereocenters. The summed E-state index contributed by atoms with van der Waals surface area (Å²) >= 11 is 0. The quantitative estimate of drug-likeness (QED) is 0.787. The van der Waals surface area contributed by atoms with Gasteiger partial charge in [0.25, 0.3) is 0 Å². The van der Waals surface area contributed by atoms with E-state index in [1.54, 1.807) is 12.1 Å². The molecular weight excluding hydrogens is 389 g/mol. The fourth-order valence-corrected chi connectivity index (χ4v) is 5.29. The number of amides is 2. The van der Waals surface area contributed by atoms with E-state index in [-0.39, 0.29) is 18.1 Å². The first kappa shape index (κ1) is 20.9. The van der Waals surface area contributed by atoms with Crippen molar-refractivity contribution in [2.24, 2.45) is 5.41 Å². The van der Waals surface area contributed by atoms with Gasteiger partial charge in [-0.2, -0.15) is 0 Å². The van der Waals surface area contributed by atoms with E-state index in [0.717, 1.165) is 51.5 Å². The molecule has 0 aromatic heterocycles. The molecule has 3 aliphatic rings. The van der Waals surface area contributed by atoms with Crippen LogP contribution >= 0.6 is 0 Å². The fourth-order valence-electron chi connectivity index (χ4n) is 5.29. The topological polar surface area (TPSA) is 82.1 Å². The standard InChI is InChI=1S/C22H30FN3O4/c1-30-21(29)24-15-3-8-19(18(23)13-15)25-11-2-9-22(14-25)10-12-26(20(22)28)16-4-6-17(27)7-5-16/h3,8,13,16-17,27H,2,4-7,9-12,14H2,1H3,(H,24,29). The molecule has 1 aliphatic carbocycles. The number of anilines is 2. The average molecular weight is 419 g/mol. The predicted molar refractivity (Wildman–Crippen MR) is 111 cm³/mol. The van der Waals surface area contributed by atoms with Crippen molar-refractivity contribution in [3.63, 3.8) is 0 Å². The number of methoxy groups -OCH3 is 1. The number of hydrogen-bond acceptors (Lipinski definition) is 5. The van der Waals surface area contributed by atoms with Gasteiger partial charge in [0.05, 0.1) is 24.3 Å². The number of carbonyl (C=O) groups excluding carboxylic acids is 2. The third-order valence-corrected chi connectivity index (χ3v) is 6.95. The number of hydrogen-bond donors (Lipinski definition) is 2. The van der Waals surface area contributed by atoms with Crippen LogP contribution in [0, 0.1) is 11.2 Å². The Morgan fingerprint density at radius 3 is 2.70 bits per heavy atom. The lowest BCUT2D eigenvalue weighted by Gasteiger charge is -2.41. The van der Waals surface area contributed by atoms with Crippen LogP contribution in [0.4, 0.5) is 20.6 Å². The molecule has 1 spiro atoms. The molecule has 2 aliphatic heterocycles. The van der Waals surface area contributed by atoms with Gasteiger partial charge in [-0.05, 0) is 63.1 Å². The largest absolute Gasteiger partial charge is 0.453 e. The Hall–Kier alpha value is -2.35. The van der Waals surface area contributed by atoms with Crippen molar-refractivity contribution in [3.8, 4) is 0 Å². The van der Waals surface area contributed by atoms with Crippen LogP contribution in [0.15, 0.2) is 18.2 Å². The summed E-state index contributed by atoms with van der Waals surface area (Å²) in [4.78, 5) is 28.7.